The van der Waals surface area contributed by atoms with Gasteiger partial charge in [0, 0.05) is 31.5 Å². The zero-order valence-electron chi connectivity index (χ0n) is 15.1. The van der Waals surface area contributed by atoms with Crippen LogP contribution in [0.15, 0.2) is 54.6 Å². The van der Waals surface area contributed by atoms with Gasteiger partial charge in [0.15, 0.2) is 0 Å². The van der Waals surface area contributed by atoms with Crippen LogP contribution in [0.2, 0.25) is 0 Å². The highest BCUT2D eigenvalue weighted by Gasteiger charge is 2.43. The minimum atomic E-state index is -0.292. The van der Waals surface area contributed by atoms with E-state index in [0.717, 1.165) is 24.0 Å². The van der Waals surface area contributed by atoms with Crippen LogP contribution in [0.4, 0.5) is 4.39 Å². The molecule has 4 nitrogen and oxygen atoms in total. The molecular weight excluding hydrogens is 343 g/mol. The molecule has 140 valence electrons. The van der Waals surface area contributed by atoms with Crippen molar-refractivity contribution in [2.75, 3.05) is 13.1 Å². The molecule has 2 atom stereocenters. The lowest BCUT2D eigenvalue weighted by Crippen LogP contribution is -2.35. The van der Waals surface area contributed by atoms with Crippen molar-refractivity contribution < 1.29 is 14.0 Å². The van der Waals surface area contributed by atoms with Gasteiger partial charge in [-0.1, -0.05) is 42.5 Å². The highest BCUT2D eigenvalue weighted by atomic mass is 19.1. The third-order valence-corrected chi connectivity index (χ3v) is 5.50. The van der Waals surface area contributed by atoms with Gasteiger partial charge in [-0.05, 0) is 36.1 Å². The Hall–Kier alpha value is -2.69. The molecule has 0 spiro atoms. The second-order valence-electron chi connectivity index (χ2n) is 7.49. The number of amides is 2. The molecule has 2 aromatic rings. The van der Waals surface area contributed by atoms with Crippen molar-refractivity contribution in [1.29, 1.82) is 0 Å². The normalized spacial score (nSPS) is 21.9. The van der Waals surface area contributed by atoms with E-state index < -0.39 is 0 Å². The summed E-state index contributed by atoms with van der Waals surface area (Å²) in [7, 11) is 0. The van der Waals surface area contributed by atoms with E-state index in [1.807, 2.05) is 35.2 Å². The van der Waals surface area contributed by atoms with E-state index in [2.05, 4.69) is 5.32 Å². The maximum Gasteiger partial charge on any atom is 0.225 e. The number of likely N-dealkylation sites (tertiary alicyclic amines) is 1. The largest absolute Gasteiger partial charge is 0.352 e. The number of nitrogens with one attached hydrogen (secondary N) is 1. The Morgan fingerprint density at radius 1 is 1.00 bits per heavy atom. The van der Waals surface area contributed by atoms with Gasteiger partial charge in [-0.25, -0.2) is 4.39 Å². The SMILES string of the molecule is O=C(NCc1ccc(F)cc1)[C@@H]1CN(C(=O)C2CC2)C[C@H]1c1ccccc1. The fraction of sp³-hybridized carbons (Fsp3) is 0.364. The van der Waals surface area contributed by atoms with Crippen molar-refractivity contribution in [1.82, 2.24) is 10.2 Å². The zero-order chi connectivity index (χ0) is 18.8. The van der Waals surface area contributed by atoms with Crippen LogP contribution in [0, 0.1) is 17.7 Å². The molecule has 5 heteroatoms. The molecule has 0 radical (unpaired) electrons. The Morgan fingerprint density at radius 2 is 1.70 bits per heavy atom. The standard InChI is InChI=1S/C22H23FN2O2/c23-18-10-6-15(7-11-18)12-24-21(26)20-14-25(22(27)17-8-9-17)13-19(20)16-4-2-1-3-5-16/h1-7,10-11,17,19-20H,8-9,12-14H2,(H,24,26)/t19-,20+/m0/s1. The van der Waals surface area contributed by atoms with E-state index in [-0.39, 0.29) is 35.4 Å². The maximum absolute atomic E-state index is 13.0. The van der Waals surface area contributed by atoms with Crippen molar-refractivity contribution in [3.63, 3.8) is 0 Å². The molecule has 0 bridgehead atoms. The van der Waals surface area contributed by atoms with Gasteiger partial charge in [-0.15, -0.1) is 0 Å². The molecule has 2 aliphatic rings. The maximum atomic E-state index is 13.0. The zero-order valence-corrected chi connectivity index (χ0v) is 15.1. The van der Waals surface area contributed by atoms with Gasteiger partial charge < -0.3 is 10.2 Å². The summed E-state index contributed by atoms with van der Waals surface area (Å²) in [5.74, 6) is -0.275. The number of hydrogen-bond donors (Lipinski definition) is 1. The first kappa shape index (κ1) is 17.7. The van der Waals surface area contributed by atoms with E-state index in [0.29, 0.717) is 19.6 Å². The number of carbonyl (C=O) groups excluding carboxylic acids is 2. The van der Waals surface area contributed by atoms with E-state index in [1.54, 1.807) is 12.1 Å². The molecule has 1 aliphatic heterocycles. The summed E-state index contributed by atoms with van der Waals surface area (Å²) >= 11 is 0. The van der Waals surface area contributed by atoms with Crippen LogP contribution in [0.1, 0.15) is 29.9 Å². The van der Waals surface area contributed by atoms with E-state index in [4.69, 9.17) is 0 Å². The lowest BCUT2D eigenvalue weighted by atomic mass is 9.88. The Morgan fingerprint density at radius 3 is 2.37 bits per heavy atom. The third-order valence-electron chi connectivity index (χ3n) is 5.50. The van der Waals surface area contributed by atoms with Crippen LogP contribution in [-0.4, -0.2) is 29.8 Å². The molecule has 1 aliphatic carbocycles. The molecule has 4 rings (SSSR count). The molecule has 0 unspecified atom stereocenters. The smallest absolute Gasteiger partial charge is 0.225 e. The lowest BCUT2D eigenvalue weighted by molar-refractivity contribution is -0.132. The number of carbonyl (C=O) groups is 2. The molecule has 1 N–H and O–H groups in total. The first-order chi connectivity index (χ1) is 13.1. The highest BCUT2D eigenvalue weighted by Crippen LogP contribution is 2.37. The number of rotatable bonds is 5. The van der Waals surface area contributed by atoms with Gasteiger partial charge in [0.1, 0.15) is 5.82 Å². The number of halogens is 1. The van der Waals surface area contributed by atoms with Crippen molar-refractivity contribution in [2.45, 2.75) is 25.3 Å². The van der Waals surface area contributed by atoms with Crippen molar-refractivity contribution in [2.24, 2.45) is 11.8 Å². The monoisotopic (exact) mass is 366 g/mol. The minimum Gasteiger partial charge on any atom is -0.352 e. The number of hydrogen-bond acceptors (Lipinski definition) is 2. The van der Waals surface area contributed by atoms with Gasteiger partial charge in [-0.3, -0.25) is 9.59 Å². The molecular formula is C22H23FN2O2. The van der Waals surface area contributed by atoms with Gasteiger partial charge in [0.05, 0.1) is 5.92 Å². The topological polar surface area (TPSA) is 49.4 Å². The molecule has 1 saturated heterocycles. The predicted molar refractivity (Wildman–Crippen MR) is 100 cm³/mol. The van der Waals surface area contributed by atoms with Gasteiger partial charge in [0.25, 0.3) is 0 Å². The molecule has 2 aromatic carbocycles. The van der Waals surface area contributed by atoms with Crippen LogP contribution in [-0.2, 0) is 16.1 Å². The molecule has 1 heterocycles. The number of benzene rings is 2. The Balaban J connectivity index is 1.47. The van der Waals surface area contributed by atoms with Crippen LogP contribution in [0.5, 0.6) is 0 Å². The first-order valence-corrected chi connectivity index (χ1v) is 9.47. The summed E-state index contributed by atoms with van der Waals surface area (Å²) in [6, 6.07) is 16.0. The molecule has 2 fully saturated rings. The highest BCUT2D eigenvalue weighted by molar-refractivity contribution is 5.85. The van der Waals surface area contributed by atoms with Crippen LogP contribution < -0.4 is 5.32 Å². The fourth-order valence-electron chi connectivity index (χ4n) is 3.80. The fourth-order valence-corrected chi connectivity index (χ4v) is 3.80. The Labute approximate surface area is 158 Å². The summed E-state index contributed by atoms with van der Waals surface area (Å²) < 4.78 is 13.0. The van der Waals surface area contributed by atoms with Crippen LogP contribution >= 0.6 is 0 Å². The second kappa shape index (κ2) is 7.51. The van der Waals surface area contributed by atoms with E-state index in [1.165, 1.54) is 12.1 Å². The van der Waals surface area contributed by atoms with Gasteiger partial charge >= 0.3 is 0 Å². The first-order valence-electron chi connectivity index (χ1n) is 9.47. The quantitative estimate of drug-likeness (QED) is 0.884. The summed E-state index contributed by atoms with van der Waals surface area (Å²) in [5, 5.41) is 2.97. The average Bonchev–Trinajstić information content (AvgIpc) is 3.45. The Kier molecular flexibility index (Phi) is 4.92. The molecule has 0 aromatic heterocycles. The van der Waals surface area contributed by atoms with E-state index >= 15 is 0 Å². The van der Waals surface area contributed by atoms with Crippen molar-refractivity contribution >= 4 is 11.8 Å². The average molecular weight is 366 g/mol. The summed E-state index contributed by atoms with van der Waals surface area (Å²) in [5.41, 5.74) is 1.94. The van der Waals surface area contributed by atoms with Crippen molar-refractivity contribution in [3.8, 4) is 0 Å². The minimum absolute atomic E-state index is 0.00196. The lowest BCUT2D eigenvalue weighted by Gasteiger charge is -2.18. The van der Waals surface area contributed by atoms with Crippen LogP contribution in [0.3, 0.4) is 0 Å². The van der Waals surface area contributed by atoms with Crippen molar-refractivity contribution in [3.05, 3.63) is 71.5 Å². The molecule has 2 amide bonds. The third kappa shape index (κ3) is 4.02. The van der Waals surface area contributed by atoms with Gasteiger partial charge in [-0.2, -0.15) is 0 Å². The Bertz CT molecular complexity index is 818. The second-order valence-corrected chi connectivity index (χ2v) is 7.49. The molecule has 1 saturated carbocycles. The number of nitrogens with zero attached hydrogens (tertiary/aromatic N) is 1. The molecule has 27 heavy (non-hydrogen) atoms. The summed E-state index contributed by atoms with van der Waals surface area (Å²) in [4.78, 5) is 27.3. The summed E-state index contributed by atoms with van der Waals surface area (Å²) in [6.45, 7) is 1.41. The van der Waals surface area contributed by atoms with Crippen LogP contribution in [0.25, 0.3) is 0 Å². The van der Waals surface area contributed by atoms with E-state index in [9.17, 15) is 14.0 Å². The predicted octanol–water partition coefficient (Wildman–Crippen LogP) is 3.09. The summed E-state index contributed by atoms with van der Waals surface area (Å²) in [6.07, 6.45) is 1.93. The van der Waals surface area contributed by atoms with Gasteiger partial charge in [0.2, 0.25) is 11.8 Å².